The van der Waals surface area contributed by atoms with Crippen LogP contribution in [0.15, 0.2) is 12.2 Å². The van der Waals surface area contributed by atoms with Crippen LogP contribution in [0.2, 0.25) is 0 Å². The normalized spacial score (nSPS) is 26.4. The zero-order chi connectivity index (χ0) is 14.8. The van der Waals surface area contributed by atoms with Crippen molar-refractivity contribution in [2.75, 3.05) is 0 Å². The van der Waals surface area contributed by atoms with Crippen LogP contribution in [0.4, 0.5) is 0 Å². The van der Waals surface area contributed by atoms with Gasteiger partial charge in [-0.15, -0.1) is 0 Å². The predicted molar refractivity (Wildman–Crippen MR) is 81.4 cm³/mol. The summed E-state index contributed by atoms with van der Waals surface area (Å²) in [6.07, 6.45) is 14.3. The molecule has 116 valence electrons. The molecular formula is C17H30O3. The molecule has 1 aliphatic rings. The van der Waals surface area contributed by atoms with Crippen molar-refractivity contribution in [3.63, 3.8) is 0 Å². The van der Waals surface area contributed by atoms with E-state index < -0.39 is 18.1 Å². The Bertz CT molecular complexity index is 299. The van der Waals surface area contributed by atoms with Crippen LogP contribution in [-0.2, 0) is 9.53 Å². The first kappa shape index (κ1) is 17.2. The van der Waals surface area contributed by atoms with Crippen molar-refractivity contribution in [1.29, 1.82) is 0 Å². The molecule has 20 heavy (non-hydrogen) atoms. The van der Waals surface area contributed by atoms with E-state index in [0.29, 0.717) is 0 Å². The molecule has 1 heterocycles. The van der Waals surface area contributed by atoms with Gasteiger partial charge in [-0.25, -0.2) is 0 Å². The fourth-order valence-electron chi connectivity index (χ4n) is 2.51. The highest BCUT2D eigenvalue weighted by Gasteiger charge is 2.38. The third-order valence-corrected chi connectivity index (χ3v) is 4.02. The Kier molecular flexibility index (Phi) is 8.59. The van der Waals surface area contributed by atoms with E-state index in [2.05, 4.69) is 6.92 Å². The number of hydrogen-bond donors (Lipinski definition) is 1. The van der Waals surface area contributed by atoms with E-state index in [-0.39, 0.29) is 5.97 Å². The summed E-state index contributed by atoms with van der Waals surface area (Å²) in [5.74, 6) is -0.688. The van der Waals surface area contributed by atoms with Crippen LogP contribution in [0, 0.1) is 5.92 Å². The maximum Gasteiger partial charge on any atom is 0.312 e. The molecule has 3 nitrogen and oxygen atoms in total. The maximum atomic E-state index is 11.3. The second kappa shape index (κ2) is 9.98. The number of cyclic esters (lactones) is 1. The van der Waals surface area contributed by atoms with Crippen LogP contribution in [0.1, 0.15) is 71.6 Å². The van der Waals surface area contributed by atoms with E-state index in [4.69, 9.17) is 4.74 Å². The average Bonchev–Trinajstić information content (AvgIpc) is 2.68. The summed E-state index contributed by atoms with van der Waals surface area (Å²) >= 11 is 0. The van der Waals surface area contributed by atoms with Crippen molar-refractivity contribution >= 4 is 5.97 Å². The van der Waals surface area contributed by atoms with Crippen molar-refractivity contribution < 1.29 is 14.6 Å². The molecule has 1 saturated heterocycles. The number of carbonyl (C=O) groups is 1. The van der Waals surface area contributed by atoms with Gasteiger partial charge in [-0.3, -0.25) is 4.79 Å². The summed E-state index contributed by atoms with van der Waals surface area (Å²) in [7, 11) is 0. The molecule has 1 fully saturated rings. The van der Waals surface area contributed by atoms with Gasteiger partial charge in [-0.1, -0.05) is 57.9 Å². The number of carbonyl (C=O) groups excluding carboxylic acids is 1. The van der Waals surface area contributed by atoms with Crippen LogP contribution in [0.25, 0.3) is 0 Å². The fraction of sp³-hybridized carbons (Fsp3) is 0.824. The standard InChI is InChI=1S/C17H30O3/c1-3-4-5-6-7-8-9-10-11-12-13-15-16(18)14(2)17(19)20-15/h12-16,18H,3-11H2,1-2H3/t14-,15?,16+/m1/s1. The van der Waals surface area contributed by atoms with Crippen LogP contribution in [-0.4, -0.2) is 23.3 Å². The molecule has 1 unspecified atom stereocenters. The van der Waals surface area contributed by atoms with Gasteiger partial charge in [0.1, 0.15) is 12.2 Å². The fourth-order valence-corrected chi connectivity index (χ4v) is 2.51. The van der Waals surface area contributed by atoms with Gasteiger partial charge in [-0.05, 0) is 25.8 Å². The molecule has 3 atom stereocenters. The molecule has 0 bridgehead atoms. The number of rotatable bonds is 10. The molecule has 0 spiro atoms. The first-order chi connectivity index (χ1) is 9.66. The number of allylic oxidation sites excluding steroid dienone is 1. The monoisotopic (exact) mass is 282 g/mol. The minimum absolute atomic E-state index is 0.292. The van der Waals surface area contributed by atoms with Gasteiger partial charge in [-0.2, -0.15) is 0 Å². The van der Waals surface area contributed by atoms with Gasteiger partial charge < -0.3 is 9.84 Å². The first-order valence-corrected chi connectivity index (χ1v) is 8.22. The molecule has 1 N–H and O–H groups in total. The number of hydrogen-bond acceptors (Lipinski definition) is 3. The van der Waals surface area contributed by atoms with Crippen LogP contribution >= 0.6 is 0 Å². The topological polar surface area (TPSA) is 46.5 Å². The van der Waals surface area contributed by atoms with Crippen molar-refractivity contribution in [2.45, 2.75) is 83.8 Å². The lowest BCUT2D eigenvalue weighted by atomic mass is 10.0. The zero-order valence-corrected chi connectivity index (χ0v) is 13.0. The smallest absolute Gasteiger partial charge is 0.312 e. The molecule has 0 aromatic rings. The van der Waals surface area contributed by atoms with E-state index in [0.717, 1.165) is 6.42 Å². The summed E-state index contributed by atoms with van der Waals surface area (Å²) in [6.45, 7) is 3.95. The summed E-state index contributed by atoms with van der Waals surface area (Å²) in [4.78, 5) is 11.3. The summed E-state index contributed by atoms with van der Waals surface area (Å²) in [6, 6.07) is 0. The number of aliphatic hydroxyl groups excluding tert-OH is 1. The molecule has 3 heteroatoms. The lowest BCUT2D eigenvalue weighted by molar-refractivity contribution is -0.142. The third kappa shape index (κ3) is 6.08. The second-order valence-electron chi connectivity index (χ2n) is 5.87. The summed E-state index contributed by atoms with van der Waals surface area (Å²) in [5.41, 5.74) is 0. The first-order valence-electron chi connectivity index (χ1n) is 8.22. The highest BCUT2D eigenvalue weighted by Crippen LogP contribution is 2.22. The number of aliphatic hydroxyl groups is 1. The SMILES string of the molecule is CCCCCCCCCCC=CC1OC(=O)[C@H](C)[C@@H]1O. The van der Waals surface area contributed by atoms with Gasteiger partial charge in [0.2, 0.25) is 0 Å². The Balaban J connectivity index is 1.99. The number of unbranched alkanes of at least 4 members (excludes halogenated alkanes) is 8. The van der Waals surface area contributed by atoms with Crippen LogP contribution in [0.5, 0.6) is 0 Å². The molecule has 1 rings (SSSR count). The molecule has 0 radical (unpaired) electrons. The van der Waals surface area contributed by atoms with Crippen LogP contribution in [0.3, 0.4) is 0 Å². The van der Waals surface area contributed by atoms with E-state index in [1.165, 1.54) is 51.4 Å². The quantitative estimate of drug-likeness (QED) is 0.374. The van der Waals surface area contributed by atoms with Gasteiger partial charge in [0.15, 0.2) is 0 Å². The second-order valence-corrected chi connectivity index (χ2v) is 5.87. The van der Waals surface area contributed by atoms with Crippen molar-refractivity contribution in [3.8, 4) is 0 Å². The van der Waals surface area contributed by atoms with Crippen molar-refractivity contribution in [1.82, 2.24) is 0 Å². The van der Waals surface area contributed by atoms with Gasteiger partial charge >= 0.3 is 5.97 Å². The summed E-state index contributed by atoms with van der Waals surface area (Å²) < 4.78 is 5.09. The largest absolute Gasteiger partial charge is 0.455 e. The molecule has 0 amide bonds. The van der Waals surface area contributed by atoms with Crippen molar-refractivity contribution in [3.05, 3.63) is 12.2 Å². The van der Waals surface area contributed by atoms with Crippen molar-refractivity contribution in [2.24, 2.45) is 5.92 Å². The minimum Gasteiger partial charge on any atom is -0.455 e. The lowest BCUT2D eigenvalue weighted by Gasteiger charge is -2.08. The lowest BCUT2D eigenvalue weighted by Crippen LogP contribution is -2.23. The Morgan fingerprint density at radius 3 is 2.25 bits per heavy atom. The molecule has 0 aromatic carbocycles. The predicted octanol–water partition coefficient (Wildman–Crippen LogP) is 4.00. The molecule has 0 aliphatic carbocycles. The molecule has 0 aromatic heterocycles. The van der Waals surface area contributed by atoms with Gasteiger partial charge in [0.05, 0.1) is 5.92 Å². The minimum atomic E-state index is -0.683. The van der Waals surface area contributed by atoms with E-state index >= 15 is 0 Å². The number of esters is 1. The Morgan fingerprint density at radius 1 is 1.10 bits per heavy atom. The Labute approximate surface area is 123 Å². The van der Waals surface area contributed by atoms with E-state index in [1.807, 2.05) is 12.2 Å². The maximum absolute atomic E-state index is 11.3. The highest BCUT2D eigenvalue weighted by atomic mass is 16.6. The number of ether oxygens (including phenoxy) is 1. The van der Waals surface area contributed by atoms with E-state index in [9.17, 15) is 9.90 Å². The third-order valence-electron chi connectivity index (χ3n) is 4.02. The Morgan fingerprint density at radius 2 is 1.70 bits per heavy atom. The highest BCUT2D eigenvalue weighted by molar-refractivity contribution is 5.75. The zero-order valence-electron chi connectivity index (χ0n) is 13.0. The molecule has 0 saturated carbocycles. The molecule has 1 aliphatic heterocycles. The molecular weight excluding hydrogens is 252 g/mol. The Hall–Kier alpha value is -0.830. The van der Waals surface area contributed by atoms with E-state index in [1.54, 1.807) is 6.92 Å². The average molecular weight is 282 g/mol. The summed E-state index contributed by atoms with van der Waals surface area (Å²) in [5, 5.41) is 9.77. The van der Waals surface area contributed by atoms with Crippen LogP contribution < -0.4 is 0 Å². The van der Waals surface area contributed by atoms with Gasteiger partial charge in [0, 0.05) is 0 Å². The van der Waals surface area contributed by atoms with Gasteiger partial charge in [0.25, 0.3) is 0 Å².